The number of allylic oxidation sites excluding steroid dienone is 1. The van der Waals surface area contributed by atoms with Crippen LogP contribution in [0.25, 0.3) is 28.3 Å². The lowest BCUT2D eigenvalue weighted by atomic mass is 9.85. The molecule has 4 rings (SSSR count). The van der Waals surface area contributed by atoms with Crippen molar-refractivity contribution < 1.29 is 0 Å². The topological polar surface area (TPSA) is 0 Å². The van der Waals surface area contributed by atoms with Crippen molar-refractivity contribution in [1.29, 1.82) is 0 Å². The van der Waals surface area contributed by atoms with Gasteiger partial charge >= 0.3 is 0 Å². The molecule has 135 valence electrons. The zero-order valence-corrected chi connectivity index (χ0v) is 16.7. The molecule has 1 aliphatic carbocycles. The molecule has 0 fully saturated rings. The average Bonchev–Trinajstić information content (AvgIpc) is 3.13. The van der Waals surface area contributed by atoms with Crippen molar-refractivity contribution in [2.45, 2.75) is 34.1 Å². The molecule has 0 heteroatoms. The largest absolute Gasteiger partial charge is 0.0622 e. The van der Waals surface area contributed by atoms with Gasteiger partial charge in [0.25, 0.3) is 0 Å². The lowest BCUT2D eigenvalue weighted by Gasteiger charge is -2.19. The number of hydrogen-bond acceptors (Lipinski definition) is 0. The smallest absolute Gasteiger partial charge is 0.0170 e. The Morgan fingerprint density at radius 2 is 1.44 bits per heavy atom. The number of benzene rings is 3. The summed E-state index contributed by atoms with van der Waals surface area (Å²) in [6.07, 6.45) is 5.80. The molecule has 1 radical (unpaired) electrons. The van der Waals surface area contributed by atoms with Crippen molar-refractivity contribution in [1.82, 2.24) is 0 Å². The summed E-state index contributed by atoms with van der Waals surface area (Å²) in [6, 6.07) is 24.2. The van der Waals surface area contributed by atoms with E-state index in [4.69, 9.17) is 0 Å². The molecule has 0 heterocycles. The van der Waals surface area contributed by atoms with Gasteiger partial charge in [0, 0.05) is 6.42 Å². The van der Waals surface area contributed by atoms with Crippen LogP contribution in [0.4, 0.5) is 0 Å². The first kappa shape index (κ1) is 17.8. The monoisotopic (exact) mass is 351 g/mol. The molecule has 0 aliphatic heterocycles. The van der Waals surface area contributed by atoms with Crippen molar-refractivity contribution in [3.63, 3.8) is 0 Å². The second-order valence-corrected chi connectivity index (χ2v) is 8.36. The minimum Gasteiger partial charge on any atom is -0.0622 e. The Hall–Kier alpha value is -2.60. The van der Waals surface area contributed by atoms with E-state index in [9.17, 15) is 0 Å². The molecule has 0 unspecified atom stereocenters. The van der Waals surface area contributed by atoms with Crippen LogP contribution in [0.15, 0.2) is 72.3 Å². The van der Waals surface area contributed by atoms with Crippen LogP contribution >= 0.6 is 0 Å². The third kappa shape index (κ3) is 3.25. The molecule has 0 atom stereocenters. The molecular formula is C27H27. The molecule has 3 aromatic rings. The summed E-state index contributed by atoms with van der Waals surface area (Å²) in [5.41, 5.74) is 11.0. The fourth-order valence-corrected chi connectivity index (χ4v) is 3.94. The Balaban J connectivity index is 2.03. The number of hydrogen-bond donors (Lipinski definition) is 0. The number of fused-ring (bicyclic) bond motifs is 1. The quantitative estimate of drug-likeness (QED) is 0.456. The molecule has 0 bridgehead atoms. The molecule has 0 saturated carbocycles. The minimum absolute atomic E-state index is 0.146. The van der Waals surface area contributed by atoms with Gasteiger partial charge in [0.05, 0.1) is 0 Å². The number of rotatable bonds is 3. The number of aryl methyl sites for hydroxylation is 1. The van der Waals surface area contributed by atoms with Gasteiger partial charge in [-0.2, -0.15) is 0 Å². The molecule has 0 spiro atoms. The van der Waals surface area contributed by atoms with Crippen molar-refractivity contribution in [2.24, 2.45) is 5.41 Å². The van der Waals surface area contributed by atoms with E-state index in [1.807, 2.05) is 0 Å². The lowest BCUT2D eigenvalue weighted by Crippen LogP contribution is -2.07. The summed E-state index contributed by atoms with van der Waals surface area (Å²) < 4.78 is 0. The third-order valence-electron chi connectivity index (χ3n) is 5.51. The van der Waals surface area contributed by atoms with Crippen LogP contribution in [-0.2, 0) is 6.42 Å². The zero-order valence-electron chi connectivity index (χ0n) is 16.7. The standard InChI is InChI=1S/C27H27/c1-5-19-11-9-10-14-23(19)26-24(20-12-7-6-8-13-20)16-15-21-17-22(18-25(21)26)27(2,3)4/h6-18H,5H2,1-4H3. The Bertz CT molecular complexity index is 998. The van der Waals surface area contributed by atoms with Crippen LogP contribution < -0.4 is 0 Å². The van der Waals surface area contributed by atoms with Gasteiger partial charge < -0.3 is 0 Å². The van der Waals surface area contributed by atoms with Gasteiger partial charge in [0.2, 0.25) is 0 Å². The van der Waals surface area contributed by atoms with E-state index < -0.39 is 0 Å². The SMILES string of the molecule is CCc1ccccc1-c1c(-c2ccccc2)ccc2c1C=C(C(C)(C)C)[CH]2. The second-order valence-electron chi connectivity index (χ2n) is 8.36. The van der Waals surface area contributed by atoms with Gasteiger partial charge in [-0.05, 0) is 50.8 Å². The fourth-order valence-electron chi connectivity index (χ4n) is 3.94. The first-order valence-corrected chi connectivity index (χ1v) is 9.86. The Morgan fingerprint density at radius 3 is 2.15 bits per heavy atom. The minimum atomic E-state index is 0.146. The molecule has 3 aromatic carbocycles. The molecule has 0 amide bonds. The van der Waals surface area contributed by atoms with Crippen LogP contribution in [0, 0.1) is 11.8 Å². The summed E-state index contributed by atoms with van der Waals surface area (Å²) >= 11 is 0. The summed E-state index contributed by atoms with van der Waals surface area (Å²) in [5.74, 6) is 0. The summed E-state index contributed by atoms with van der Waals surface area (Å²) in [6.45, 7) is 9.11. The molecule has 1 aliphatic rings. The molecule has 0 saturated heterocycles. The summed E-state index contributed by atoms with van der Waals surface area (Å²) in [7, 11) is 0. The average molecular weight is 352 g/mol. The van der Waals surface area contributed by atoms with E-state index in [0.29, 0.717) is 0 Å². The maximum Gasteiger partial charge on any atom is 0.0170 e. The van der Waals surface area contributed by atoms with Crippen LogP contribution in [0.2, 0.25) is 0 Å². The fraction of sp³-hybridized carbons (Fsp3) is 0.222. The van der Waals surface area contributed by atoms with E-state index >= 15 is 0 Å². The summed E-state index contributed by atoms with van der Waals surface area (Å²) in [4.78, 5) is 0. The maximum absolute atomic E-state index is 2.41. The Morgan fingerprint density at radius 1 is 0.741 bits per heavy atom. The normalized spacial score (nSPS) is 13.4. The molecule has 0 N–H and O–H groups in total. The maximum atomic E-state index is 2.41. The van der Waals surface area contributed by atoms with Crippen molar-refractivity contribution in [3.05, 3.63) is 95.4 Å². The van der Waals surface area contributed by atoms with E-state index in [-0.39, 0.29) is 5.41 Å². The Labute approximate surface area is 163 Å². The van der Waals surface area contributed by atoms with Crippen molar-refractivity contribution >= 4 is 6.08 Å². The van der Waals surface area contributed by atoms with Gasteiger partial charge in [-0.3, -0.25) is 0 Å². The second kappa shape index (κ2) is 6.85. The highest BCUT2D eigenvalue weighted by Gasteiger charge is 2.27. The zero-order chi connectivity index (χ0) is 19.0. The molecule has 0 aromatic heterocycles. The first-order valence-electron chi connectivity index (χ1n) is 9.86. The van der Waals surface area contributed by atoms with Crippen LogP contribution in [0.1, 0.15) is 44.4 Å². The highest BCUT2D eigenvalue weighted by atomic mass is 14.3. The van der Waals surface area contributed by atoms with Gasteiger partial charge in [-0.25, -0.2) is 0 Å². The predicted molar refractivity (Wildman–Crippen MR) is 118 cm³/mol. The molecular weight excluding hydrogens is 324 g/mol. The third-order valence-corrected chi connectivity index (χ3v) is 5.51. The van der Waals surface area contributed by atoms with Crippen molar-refractivity contribution in [3.8, 4) is 22.3 Å². The van der Waals surface area contributed by atoms with E-state index in [1.165, 1.54) is 44.5 Å². The Kier molecular flexibility index (Phi) is 4.52. The molecule has 0 nitrogen and oxygen atoms in total. The molecule has 27 heavy (non-hydrogen) atoms. The van der Waals surface area contributed by atoms with Crippen molar-refractivity contribution in [2.75, 3.05) is 0 Å². The van der Waals surface area contributed by atoms with E-state index in [0.717, 1.165) is 6.42 Å². The highest BCUT2D eigenvalue weighted by Crippen LogP contribution is 2.46. The van der Waals surface area contributed by atoms with Gasteiger partial charge in [0.15, 0.2) is 0 Å². The van der Waals surface area contributed by atoms with Crippen LogP contribution in [0.5, 0.6) is 0 Å². The summed E-state index contributed by atoms with van der Waals surface area (Å²) in [5, 5.41) is 0. The first-order chi connectivity index (χ1) is 13.0. The van der Waals surface area contributed by atoms with Crippen LogP contribution in [0.3, 0.4) is 0 Å². The van der Waals surface area contributed by atoms with Gasteiger partial charge in [-0.1, -0.05) is 106 Å². The van der Waals surface area contributed by atoms with Crippen LogP contribution in [-0.4, -0.2) is 0 Å². The van der Waals surface area contributed by atoms with E-state index in [1.54, 1.807) is 0 Å². The predicted octanol–water partition coefficient (Wildman–Crippen LogP) is 7.58. The lowest BCUT2D eigenvalue weighted by molar-refractivity contribution is 0.516. The van der Waals surface area contributed by atoms with E-state index in [2.05, 4.69) is 107 Å². The van der Waals surface area contributed by atoms with Gasteiger partial charge in [-0.15, -0.1) is 0 Å². The highest BCUT2D eigenvalue weighted by molar-refractivity contribution is 5.94. The van der Waals surface area contributed by atoms with Gasteiger partial charge in [0.1, 0.15) is 0 Å².